The Bertz CT molecular complexity index is 666. The Morgan fingerprint density at radius 1 is 1.41 bits per heavy atom. The summed E-state index contributed by atoms with van der Waals surface area (Å²) < 4.78 is 4.78. The molecular formula is C12H12N4O5S. The molecule has 0 aliphatic carbocycles. The van der Waals surface area contributed by atoms with E-state index in [1.54, 1.807) is 5.38 Å². The van der Waals surface area contributed by atoms with E-state index in [0.717, 1.165) is 11.3 Å². The van der Waals surface area contributed by atoms with Crippen molar-refractivity contribution in [3.05, 3.63) is 17.0 Å². The molecule has 0 saturated heterocycles. The fourth-order valence-corrected chi connectivity index (χ4v) is 2.41. The minimum Gasteiger partial charge on any atom is -0.451 e. The lowest BCUT2D eigenvalue weighted by atomic mass is 10.2. The smallest absolute Gasteiger partial charge is 0.355 e. The molecule has 22 heavy (non-hydrogen) atoms. The summed E-state index contributed by atoms with van der Waals surface area (Å²) in [7, 11) is 0. The summed E-state index contributed by atoms with van der Waals surface area (Å²) >= 11 is 1.12. The molecule has 10 heteroatoms. The zero-order valence-corrected chi connectivity index (χ0v) is 12.1. The molecule has 1 aromatic heterocycles. The van der Waals surface area contributed by atoms with Crippen LogP contribution in [-0.2, 0) is 19.1 Å². The predicted molar refractivity (Wildman–Crippen MR) is 77.2 cm³/mol. The molecule has 1 aliphatic heterocycles. The van der Waals surface area contributed by atoms with Crippen LogP contribution in [0.1, 0.15) is 23.2 Å². The molecule has 0 spiro atoms. The van der Waals surface area contributed by atoms with E-state index in [0.29, 0.717) is 0 Å². The van der Waals surface area contributed by atoms with E-state index >= 15 is 0 Å². The van der Waals surface area contributed by atoms with E-state index in [1.165, 1.54) is 6.07 Å². The molecule has 0 fully saturated rings. The average molecular weight is 324 g/mol. The first-order valence-electron chi connectivity index (χ1n) is 6.17. The second-order valence-corrected chi connectivity index (χ2v) is 5.16. The lowest BCUT2D eigenvalue weighted by Gasteiger charge is -2.11. The zero-order chi connectivity index (χ0) is 16.1. The molecule has 0 unspecified atom stereocenters. The monoisotopic (exact) mass is 324 g/mol. The van der Waals surface area contributed by atoms with Crippen LogP contribution in [0.2, 0.25) is 0 Å². The van der Waals surface area contributed by atoms with Crippen molar-refractivity contribution >= 4 is 45.7 Å². The number of nitrogens with one attached hydrogen (secondary N) is 2. The maximum atomic E-state index is 11.7. The van der Waals surface area contributed by atoms with Gasteiger partial charge in [0.15, 0.2) is 6.61 Å². The Labute approximate surface area is 128 Å². The minimum absolute atomic E-state index is 0.0429. The molecule has 3 amide bonds. The van der Waals surface area contributed by atoms with Crippen molar-refractivity contribution in [3.63, 3.8) is 0 Å². The lowest BCUT2D eigenvalue weighted by Crippen LogP contribution is -2.32. The van der Waals surface area contributed by atoms with Crippen LogP contribution in [0.15, 0.2) is 16.5 Å². The van der Waals surface area contributed by atoms with Crippen LogP contribution in [0.3, 0.4) is 0 Å². The number of hydrazone groups is 1. The number of esters is 1. The highest BCUT2D eigenvalue weighted by molar-refractivity contribution is 7.14. The Hall–Kier alpha value is -2.75. The van der Waals surface area contributed by atoms with Gasteiger partial charge in [-0.15, -0.1) is 11.3 Å². The van der Waals surface area contributed by atoms with Crippen LogP contribution in [0, 0.1) is 0 Å². The first-order valence-corrected chi connectivity index (χ1v) is 7.05. The number of anilines is 1. The lowest BCUT2D eigenvalue weighted by molar-refractivity contribution is -0.140. The molecule has 2 heterocycles. The molecule has 0 saturated carbocycles. The van der Waals surface area contributed by atoms with Gasteiger partial charge < -0.3 is 15.8 Å². The first kappa shape index (κ1) is 15.6. The predicted octanol–water partition coefficient (Wildman–Crippen LogP) is -0.405. The van der Waals surface area contributed by atoms with Gasteiger partial charge in [-0.2, -0.15) is 5.10 Å². The van der Waals surface area contributed by atoms with E-state index in [2.05, 4.69) is 15.8 Å². The first-order chi connectivity index (χ1) is 10.5. The van der Waals surface area contributed by atoms with Crippen LogP contribution in [0.25, 0.3) is 0 Å². The van der Waals surface area contributed by atoms with Gasteiger partial charge in [-0.3, -0.25) is 14.4 Å². The molecule has 116 valence electrons. The van der Waals surface area contributed by atoms with E-state index in [-0.39, 0.29) is 35.0 Å². The van der Waals surface area contributed by atoms with Crippen LogP contribution < -0.4 is 16.5 Å². The Morgan fingerprint density at radius 2 is 2.18 bits per heavy atom. The molecule has 0 aromatic carbocycles. The van der Waals surface area contributed by atoms with Gasteiger partial charge in [-0.25, -0.2) is 10.2 Å². The van der Waals surface area contributed by atoms with Gasteiger partial charge in [0.25, 0.3) is 11.8 Å². The largest absolute Gasteiger partial charge is 0.451 e. The van der Waals surface area contributed by atoms with Gasteiger partial charge in [0, 0.05) is 12.8 Å². The third-order valence-electron chi connectivity index (χ3n) is 2.66. The Balaban J connectivity index is 1.85. The topological polar surface area (TPSA) is 140 Å². The summed E-state index contributed by atoms with van der Waals surface area (Å²) in [4.78, 5) is 45.3. The van der Waals surface area contributed by atoms with Crippen LogP contribution in [0.5, 0.6) is 0 Å². The Morgan fingerprint density at radius 3 is 2.82 bits per heavy atom. The minimum atomic E-state index is -0.781. The Kier molecular flexibility index (Phi) is 4.84. The van der Waals surface area contributed by atoms with Gasteiger partial charge in [0.1, 0.15) is 10.7 Å². The molecule has 0 atom stereocenters. The molecule has 2 rings (SSSR count). The van der Waals surface area contributed by atoms with Gasteiger partial charge >= 0.3 is 5.97 Å². The van der Waals surface area contributed by atoms with Crippen molar-refractivity contribution in [2.24, 2.45) is 10.8 Å². The summed E-state index contributed by atoms with van der Waals surface area (Å²) in [5, 5.41) is 7.87. The highest BCUT2D eigenvalue weighted by Crippen LogP contribution is 2.22. The number of hydrogen-bond donors (Lipinski definition) is 3. The third kappa shape index (κ3) is 3.88. The van der Waals surface area contributed by atoms with Crippen molar-refractivity contribution in [1.29, 1.82) is 0 Å². The van der Waals surface area contributed by atoms with Crippen molar-refractivity contribution in [1.82, 2.24) is 5.43 Å². The number of ether oxygens (including phenoxy) is 1. The van der Waals surface area contributed by atoms with E-state index in [1.807, 2.05) is 0 Å². The maximum Gasteiger partial charge on any atom is 0.355 e. The highest BCUT2D eigenvalue weighted by Gasteiger charge is 2.21. The van der Waals surface area contributed by atoms with Crippen LogP contribution >= 0.6 is 11.3 Å². The van der Waals surface area contributed by atoms with Crippen molar-refractivity contribution in [2.75, 3.05) is 11.9 Å². The normalized spacial score (nSPS) is 13.8. The summed E-state index contributed by atoms with van der Waals surface area (Å²) in [5.74, 6) is -2.35. The molecule has 1 aliphatic rings. The molecular weight excluding hydrogens is 312 g/mol. The summed E-state index contributed by atoms with van der Waals surface area (Å²) in [6.45, 7) is -0.540. The SMILES string of the molecule is NC(=O)c1ccsc1NC(=O)COC(=O)C1=NNC(=O)CC1. The van der Waals surface area contributed by atoms with E-state index in [9.17, 15) is 19.2 Å². The quantitative estimate of drug-likeness (QED) is 0.632. The highest BCUT2D eigenvalue weighted by atomic mass is 32.1. The number of carbonyl (C=O) groups is 4. The van der Waals surface area contributed by atoms with Gasteiger partial charge in [0.2, 0.25) is 5.91 Å². The van der Waals surface area contributed by atoms with Crippen LogP contribution in [-0.4, -0.2) is 36.0 Å². The second kappa shape index (κ2) is 6.80. The molecule has 4 N–H and O–H groups in total. The van der Waals surface area contributed by atoms with Crippen molar-refractivity contribution < 1.29 is 23.9 Å². The second-order valence-electron chi connectivity index (χ2n) is 4.25. The van der Waals surface area contributed by atoms with Crippen molar-refractivity contribution in [3.8, 4) is 0 Å². The number of thiophene rings is 1. The summed E-state index contributed by atoms with van der Waals surface area (Å²) in [6, 6.07) is 1.48. The number of nitrogens with two attached hydrogens (primary N) is 1. The molecule has 0 radical (unpaired) electrons. The van der Waals surface area contributed by atoms with Gasteiger partial charge in [-0.1, -0.05) is 0 Å². The number of rotatable bonds is 5. The zero-order valence-electron chi connectivity index (χ0n) is 11.3. The summed E-state index contributed by atoms with van der Waals surface area (Å²) in [5.41, 5.74) is 7.53. The average Bonchev–Trinajstić information content (AvgIpc) is 2.94. The third-order valence-corrected chi connectivity index (χ3v) is 3.49. The maximum absolute atomic E-state index is 11.7. The van der Waals surface area contributed by atoms with Crippen molar-refractivity contribution in [2.45, 2.75) is 12.8 Å². The molecule has 1 aromatic rings. The van der Waals surface area contributed by atoms with Crippen LogP contribution in [0.4, 0.5) is 5.00 Å². The fraction of sp³-hybridized carbons (Fsp3) is 0.250. The number of primary amides is 1. The number of nitrogens with zero attached hydrogens (tertiary/aromatic N) is 1. The fourth-order valence-electron chi connectivity index (χ4n) is 1.60. The molecule has 9 nitrogen and oxygen atoms in total. The number of hydrogen-bond acceptors (Lipinski definition) is 7. The van der Waals surface area contributed by atoms with Gasteiger partial charge in [0.05, 0.1) is 5.56 Å². The van der Waals surface area contributed by atoms with E-state index in [4.69, 9.17) is 10.5 Å². The van der Waals surface area contributed by atoms with E-state index < -0.39 is 24.4 Å². The number of amides is 3. The summed E-state index contributed by atoms with van der Waals surface area (Å²) in [6.07, 6.45) is 0.292. The molecule has 0 bridgehead atoms. The standard InChI is InChI=1S/C12H12N4O5S/c13-10(19)6-3-4-22-11(6)14-9(18)5-21-12(20)7-1-2-8(17)16-15-7/h3-4H,1-2,5H2,(H2,13,19)(H,14,18)(H,16,17). The van der Waals surface area contributed by atoms with Gasteiger partial charge in [-0.05, 0) is 11.4 Å². The number of carbonyl (C=O) groups excluding carboxylic acids is 4.